The summed E-state index contributed by atoms with van der Waals surface area (Å²) in [5.41, 5.74) is 1.81. The fraction of sp³-hybridized carbons (Fsp3) is 0.278. The third kappa shape index (κ3) is 5.48. The molecule has 2 N–H and O–H groups in total. The summed E-state index contributed by atoms with van der Waals surface area (Å²) in [6.07, 6.45) is 0. The zero-order valence-corrected chi connectivity index (χ0v) is 15.1. The van der Waals surface area contributed by atoms with E-state index < -0.39 is 0 Å². The van der Waals surface area contributed by atoms with Gasteiger partial charge in [0.1, 0.15) is 12.4 Å². The Morgan fingerprint density at radius 3 is 2.50 bits per heavy atom. The Hall–Kier alpha value is -1.62. The van der Waals surface area contributed by atoms with Gasteiger partial charge in [0.15, 0.2) is 6.54 Å². The Labute approximate surface area is 151 Å². The van der Waals surface area contributed by atoms with Crippen LogP contribution in [0.2, 0.25) is 10.0 Å². The molecule has 2 aromatic carbocycles. The zero-order chi connectivity index (χ0) is 17.7. The number of benzene rings is 2. The van der Waals surface area contributed by atoms with E-state index >= 15 is 0 Å². The predicted octanol–water partition coefficient (Wildman–Crippen LogP) is 3.02. The van der Waals surface area contributed by atoms with Gasteiger partial charge in [0.2, 0.25) is 0 Å². The number of hydrogen-bond donors (Lipinski definition) is 2. The van der Waals surface area contributed by atoms with Crippen LogP contribution >= 0.6 is 23.2 Å². The second-order valence-electron chi connectivity index (χ2n) is 5.89. The predicted molar refractivity (Wildman–Crippen MR) is 94.9 cm³/mol. The van der Waals surface area contributed by atoms with Crippen LogP contribution in [-0.2, 0) is 11.3 Å². The number of nitrogens with one attached hydrogen (secondary N) is 2. The number of likely N-dealkylation sites (N-methyl/N-ethyl adjacent to an activating group) is 1. The quantitative estimate of drug-likeness (QED) is 0.805. The van der Waals surface area contributed by atoms with Crippen LogP contribution < -0.4 is 10.2 Å². The Balaban J connectivity index is 1.88. The monoisotopic (exact) mass is 369 g/mol. The van der Waals surface area contributed by atoms with Crippen LogP contribution in [0.1, 0.15) is 24.1 Å². The van der Waals surface area contributed by atoms with Crippen LogP contribution in [0.5, 0.6) is 0 Å². The highest BCUT2D eigenvalue weighted by atomic mass is 35.5. The van der Waals surface area contributed by atoms with E-state index in [9.17, 15) is 9.18 Å². The molecular weight excluding hydrogens is 350 g/mol. The van der Waals surface area contributed by atoms with Crippen LogP contribution in [0.15, 0.2) is 42.5 Å². The summed E-state index contributed by atoms with van der Waals surface area (Å²) in [5, 5.41) is 4.03. The van der Waals surface area contributed by atoms with Crippen molar-refractivity contribution >= 4 is 29.1 Å². The number of rotatable bonds is 6. The molecule has 0 aromatic heterocycles. The molecule has 0 fully saturated rings. The van der Waals surface area contributed by atoms with E-state index in [0.29, 0.717) is 23.1 Å². The van der Waals surface area contributed by atoms with Gasteiger partial charge in [0.25, 0.3) is 5.91 Å². The molecule has 2 rings (SSSR count). The van der Waals surface area contributed by atoms with Gasteiger partial charge in [0.05, 0.1) is 13.1 Å². The smallest absolute Gasteiger partial charge is 0.275 e. The minimum absolute atomic E-state index is 0.0758. The molecule has 24 heavy (non-hydrogen) atoms. The molecule has 0 aliphatic rings. The summed E-state index contributed by atoms with van der Waals surface area (Å²) < 4.78 is 12.9. The summed E-state index contributed by atoms with van der Waals surface area (Å²) in [4.78, 5) is 13.2. The Morgan fingerprint density at radius 1 is 1.21 bits per heavy atom. The highest BCUT2D eigenvalue weighted by Crippen LogP contribution is 2.25. The lowest BCUT2D eigenvalue weighted by Gasteiger charge is -2.18. The highest BCUT2D eigenvalue weighted by Gasteiger charge is 2.16. The molecule has 1 amide bonds. The number of carbonyl (C=O) groups excluding carboxylic acids is 1. The van der Waals surface area contributed by atoms with E-state index in [-0.39, 0.29) is 17.8 Å². The Morgan fingerprint density at radius 2 is 1.88 bits per heavy atom. The van der Waals surface area contributed by atoms with E-state index in [1.165, 1.54) is 12.1 Å². The molecule has 0 saturated carbocycles. The first kappa shape index (κ1) is 18.7. The maximum Gasteiger partial charge on any atom is 0.275 e. The van der Waals surface area contributed by atoms with Crippen molar-refractivity contribution in [2.24, 2.45) is 0 Å². The lowest BCUT2D eigenvalue weighted by Crippen LogP contribution is -3.08. The van der Waals surface area contributed by atoms with Gasteiger partial charge in [-0.15, -0.1) is 0 Å². The molecule has 1 unspecified atom stereocenters. The molecule has 0 bridgehead atoms. The first-order valence-electron chi connectivity index (χ1n) is 7.65. The van der Waals surface area contributed by atoms with Crippen molar-refractivity contribution in [3.8, 4) is 0 Å². The molecule has 128 valence electrons. The molecular formula is C18H20Cl2FN2O+. The van der Waals surface area contributed by atoms with Gasteiger partial charge in [-0.2, -0.15) is 0 Å². The minimum atomic E-state index is -0.261. The molecule has 0 heterocycles. The molecule has 3 nitrogen and oxygen atoms in total. The van der Waals surface area contributed by atoms with Gasteiger partial charge in [-0.3, -0.25) is 4.79 Å². The van der Waals surface area contributed by atoms with Gasteiger partial charge in [-0.1, -0.05) is 41.4 Å². The molecule has 6 heteroatoms. The third-order valence-corrected chi connectivity index (χ3v) is 4.25. The average Bonchev–Trinajstić information content (AvgIpc) is 2.49. The number of carbonyl (C=O) groups is 1. The number of quaternary nitrogens is 1. The largest absolute Gasteiger partial charge is 0.345 e. The van der Waals surface area contributed by atoms with E-state index in [1.54, 1.807) is 24.3 Å². The summed E-state index contributed by atoms with van der Waals surface area (Å²) in [6, 6.07) is 11.3. The van der Waals surface area contributed by atoms with Crippen molar-refractivity contribution in [1.82, 2.24) is 5.32 Å². The maximum atomic E-state index is 12.9. The average molecular weight is 370 g/mol. The molecule has 0 saturated heterocycles. The zero-order valence-electron chi connectivity index (χ0n) is 13.6. The van der Waals surface area contributed by atoms with Crippen molar-refractivity contribution < 1.29 is 14.1 Å². The summed E-state index contributed by atoms with van der Waals surface area (Å²) in [6.45, 7) is 2.83. The molecule has 0 spiro atoms. The lowest BCUT2D eigenvalue weighted by molar-refractivity contribution is -0.885. The first-order valence-corrected chi connectivity index (χ1v) is 8.41. The lowest BCUT2D eigenvalue weighted by atomic mass is 10.1. The van der Waals surface area contributed by atoms with E-state index in [1.807, 2.05) is 20.0 Å². The van der Waals surface area contributed by atoms with Crippen LogP contribution in [0.25, 0.3) is 0 Å². The van der Waals surface area contributed by atoms with Gasteiger partial charge in [-0.05, 0) is 36.8 Å². The summed E-state index contributed by atoms with van der Waals surface area (Å²) in [5.74, 6) is -0.337. The summed E-state index contributed by atoms with van der Waals surface area (Å²) >= 11 is 12.0. The van der Waals surface area contributed by atoms with E-state index in [4.69, 9.17) is 23.2 Å². The van der Waals surface area contributed by atoms with Crippen LogP contribution in [0.3, 0.4) is 0 Å². The van der Waals surface area contributed by atoms with E-state index in [2.05, 4.69) is 5.32 Å². The topological polar surface area (TPSA) is 33.5 Å². The van der Waals surface area contributed by atoms with Crippen molar-refractivity contribution in [3.05, 3.63) is 69.5 Å². The molecule has 0 aliphatic carbocycles. The van der Waals surface area contributed by atoms with Gasteiger partial charge >= 0.3 is 0 Å². The third-order valence-electron chi connectivity index (χ3n) is 3.69. The van der Waals surface area contributed by atoms with Crippen molar-refractivity contribution in [3.63, 3.8) is 0 Å². The van der Waals surface area contributed by atoms with Gasteiger partial charge in [0, 0.05) is 15.6 Å². The Kier molecular flexibility index (Phi) is 6.60. The summed E-state index contributed by atoms with van der Waals surface area (Å²) in [7, 11) is 1.92. The fourth-order valence-corrected chi connectivity index (χ4v) is 3.08. The minimum Gasteiger partial charge on any atom is -0.345 e. The molecule has 2 aromatic rings. The van der Waals surface area contributed by atoms with Crippen LogP contribution in [0.4, 0.5) is 4.39 Å². The first-order chi connectivity index (χ1) is 11.3. The standard InChI is InChI=1S/C18H19Cl2FN2O/c1-12(16-8-5-14(19)9-17(16)20)22-18(24)11-23(2)10-13-3-6-15(21)7-4-13/h3-9,12H,10-11H2,1-2H3,(H,22,24)/p+1/t12-/m0/s1. The molecule has 0 aliphatic heterocycles. The van der Waals surface area contributed by atoms with Crippen molar-refractivity contribution in [1.29, 1.82) is 0 Å². The molecule has 2 atom stereocenters. The van der Waals surface area contributed by atoms with Crippen molar-refractivity contribution in [2.75, 3.05) is 13.6 Å². The van der Waals surface area contributed by atoms with Crippen molar-refractivity contribution in [2.45, 2.75) is 19.5 Å². The molecule has 0 radical (unpaired) electrons. The number of hydrogen-bond acceptors (Lipinski definition) is 1. The fourth-order valence-electron chi connectivity index (χ4n) is 2.51. The normalized spacial score (nSPS) is 13.4. The van der Waals surface area contributed by atoms with E-state index in [0.717, 1.165) is 16.0 Å². The number of amides is 1. The second kappa shape index (κ2) is 8.47. The highest BCUT2D eigenvalue weighted by molar-refractivity contribution is 6.35. The van der Waals surface area contributed by atoms with Crippen LogP contribution in [-0.4, -0.2) is 19.5 Å². The SMILES string of the molecule is C[C@H](NC(=O)C[NH+](C)Cc1ccc(F)cc1)c1ccc(Cl)cc1Cl. The maximum absolute atomic E-state index is 12.9. The van der Waals surface area contributed by atoms with Crippen LogP contribution in [0, 0.1) is 5.82 Å². The second-order valence-corrected chi connectivity index (χ2v) is 6.74. The number of halogens is 3. The Bertz CT molecular complexity index is 707. The van der Waals surface area contributed by atoms with Gasteiger partial charge in [-0.25, -0.2) is 4.39 Å². The van der Waals surface area contributed by atoms with Gasteiger partial charge < -0.3 is 10.2 Å².